The number of rotatable bonds is 8. The Bertz CT molecular complexity index is 1300. The molecule has 0 spiro atoms. The molecule has 0 bridgehead atoms. The lowest BCUT2D eigenvalue weighted by molar-refractivity contribution is 0.0664. The Kier molecular flexibility index (Phi) is 9.52. The number of likely N-dealkylation sites (N-methyl/N-ethyl adjacent to an activating group) is 1. The molecule has 3 aromatic rings. The molecule has 7 nitrogen and oxygen atoms in total. The number of aryl methyl sites for hydroxylation is 1. The van der Waals surface area contributed by atoms with E-state index in [9.17, 15) is 4.79 Å². The number of hydrogen-bond acceptors (Lipinski definition) is 7. The average molecular weight is 557 g/mol. The quantitative estimate of drug-likeness (QED) is 0.297. The summed E-state index contributed by atoms with van der Waals surface area (Å²) in [5, 5.41) is 0.809. The van der Waals surface area contributed by atoms with Gasteiger partial charge in [-0.15, -0.1) is 0 Å². The van der Waals surface area contributed by atoms with Crippen LogP contribution in [0, 0.1) is 13.8 Å². The molecule has 0 atom stereocenters. The number of benzene rings is 2. The fourth-order valence-electron chi connectivity index (χ4n) is 5.09. The van der Waals surface area contributed by atoms with Crippen molar-refractivity contribution in [3.63, 3.8) is 0 Å². The molecule has 1 amide bonds. The number of anilines is 1. The van der Waals surface area contributed by atoms with Gasteiger partial charge in [0.05, 0.1) is 0 Å². The molecule has 40 heavy (non-hydrogen) atoms. The molecule has 0 saturated carbocycles. The Morgan fingerprint density at radius 1 is 0.875 bits per heavy atom. The molecular weight excluding hydrogens is 516 g/mol. The summed E-state index contributed by atoms with van der Waals surface area (Å²) in [5.41, 5.74) is 5.37. The maximum absolute atomic E-state index is 12.9. The van der Waals surface area contributed by atoms with Gasteiger partial charge in [-0.1, -0.05) is 66.4 Å². The van der Waals surface area contributed by atoms with Crippen molar-refractivity contribution in [2.75, 3.05) is 70.9 Å². The highest BCUT2D eigenvalue weighted by Gasteiger charge is 2.22. The van der Waals surface area contributed by atoms with Crippen LogP contribution in [0.2, 0.25) is 0 Å². The number of carbonyl (C=O) groups excluding carboxylic acids is 1. The van der Waals surface area contributed by atoms with Gasteiger partial charge in [-0.25, -0.2) is 9.97 Å². The maximum atomic E-state index is 12.9. The normalized spacial score (nSPS) is 17.1. The average Bonchev–Trinajstić information content (AvgIpc) is 2.99. The Hall–Kier alpha value is -3.20. The molecule has 0 aliphatic carbocycles. The van der Waals surface area contributed by atoms with Crippen molar-refractivity contribution in [1.29, 1.82) is 0 Å². The van der Waals surface area contributed by atoms with Crippen LogP contribution in [-0.2, 0) is 5.75 Å². The van der Waals surface area contributed by atoms with Gasteiger partial charge in [-0.2, -0.15) is 0 Å². The zero-order valence-corrected chi connectivity index (χ0v) is 24.7. The van der Waals surface area contributed by atoms with Crippen LogP contribution in [0.3, 0.4) is 0 Å². The molecule has 0 N–H and O–H groups in total. The number of thioether (sulfide) groups is 1. The van der Waals surface area contributed by atoms with Gasteiger partial charge in [0, 0.05) is 81.5 Å². The molecule has 0 radical (unpaired) electrons. The predicted molar refractivity (Wildman–Crippen MR) is 165 cm³/mol. The molecule has 2 aliphatic rings. The van der Waals surface area contributed by atoms with Crippen LogP contribution in [0.4, 0.5) is 5.82 Å². The third-order valence-electron chi connectivity index (χ3n) is 7.85. The largest absolute Gasteiger partial charge is 0.354 e. The van der Waals surface area contributed by atoms with E-state index in [0.717, 1.165) is 92.5 Å². The van der Waals surface area contributed by atoms with E-state index in [4.69, 9.17) is 9.97 Å². The lowest BCUT2D eigenvalue weighted by Crippen LogP contribution is -2.47. The lowest BCUT2D eigenvalue weighted by Gasteiger charge is -2.35. The number of amides is 1. The monoisotopic (exact) mass is 556 g/mol. The van der Waals surface area contributed by atoms with Gasteiger partial charge >= 0.3 is 0 Å². The van der Waals surface area contributed by atoms with Crippen LogP contribution in [0.5, 0.6) is 0 Å². The molecule has 2 aliphatic heterocycles. The highest BCUT2D eigenvalue weighted by Crippen LogP contribution is 2.27. The first-order valence-corrected chi connectivity index (χ1v) is 15.2. The first-order valence-electron chi connectivity index (χ1n) is 14.2. The minimum atomic E-state index is 0.127. The summed E-state index contributed by atoms with van der Waals surface area (Å²) in [4.78, 5) is 31.7. The van der Waals surface area contributed by atoms with Gasteiger partial charge in [0.2, 0.25) is 0 Å². The van der Waals surface area contributed by atoms with E-state index >= 15 is 0 Å². The summed E-state index contributed by atoms with van der Waals surface area (Å²) in [6.45, 7) is 12.6. The van der Waals surface area contributed by atoms with E-state index in [2.05, 4.69) is 84.1 Å². The smallest absolute Gasteiger partial charge is 0.253 e. The number of nitrogens with zero attached hydrogens (tertiary/aromatic N) is 6. The second-order valence-electron chi connectivity index (χ2n) is 10.7. The first-order chi connectivity index (χ1) is 19.5. The Balaban J connectivity index is 1.14. The topological polar surface area (TPSA) is 55.8 Å². The van der Waals surface area contributed by atoms with Gasteiger partial charge in [-0.3, -0.25) is 9.69 Å². The van der Waals surface area contributed by atoms with E-state index in [1.54, 1.807) is 11.8 Å². The molecule has 8 heteroatoms. The maximum Gasteiger partial charge on any atom is 0.253 e. The Morgan fingerprint density at radius 3 is 2.27 bits per heavy atom. The Morgan fingerprint density at radius 2 is 1.57 bits per heavy atom. The molecule has 2 fully saturated rings. The third kappa shape index (κ3) is 7.30. The van der Waals surface area contributed by atoms with E-state index in [0.29, 0.717) is 0 Å². The van der Waals surface area contributed by atoms with Crippen molar-refractivity contribution in [3.05, 3.63) is 88.6 Å². The standard InChI is InChI=1S/C32H40N6OS/c1-25-26(2)33-32(40-24-28-11-13-29(14-12-28)31(39)38-20-16-35(3)17-21-38)34-30(25)37-22-18-36(19-23-37)15-7-10-27-8-5-4-6-9-27/h4-14H,15-24H2,1-3H3/b10-7+. The van der Waals surface area contributed by atoms with Gasteiger partial charge in [0.15, 0.2) is 5.16 Å². The highest BCUT2D eigenvalue weighted by atomic mass is 32.2. The van der Waals surface area contributed by atoms with E-state index < -0.39 is 0 Å². The second kappa shape index (κ2) is 13.4. The van der Waals surface area contributed by atoms with Crippen LogP contribution in [-0.4, -0.2) is 96.5 Å². The molecule has 210 valence electrons. The molecule has 1 aromatic heterocycles. The molecule has 2 saturated heterocycles. The van der Waals surface area contributed by atoms with Crippen LogP contribution >= 0.6 is 11.8 Å². The van der Waals surface area contributed by atoms with Crippen LogP contribution in [0.1, 0.15) is 32.7 Å². The van der Waals surface area contributed by atoms with Gasteiger partial charge in [0.25, 0.3) is 5.91 Å². The van der Waals surface area contributed by atoms with Crippen molar-refractivity contribution in [3.8, 4) is 0 Å². The molecule has 2 aromatic carbocycles. The number of piperazine rings is 2. The third-order valence-corrected chi connectivity index (χ3v) is 8.77. The summed E-state index contributed by atoms with van der Waals surface area (Å²) in [6, 6.07) is 18.5. The SMILES string of the molecule is Cc1nc(SCc2ccc(C(=O)N3CCN(C)CC3)cc2)nc(N2CCN(C/C=C/c3ccccc3)CC2)c1C. The number of hydrogen-bond donors (Lipinski definition) is 0. The fourth-order valence-corrected chi connectivity index (χ4v) is 5.93. The van der Waals surface area contributed by atoms with Crippen molar-refractivity contribution in [2.45, 2.75) is 24.8 Å². The molecule has 3 heterocycles. The van der Waals surface area contributed by atoms with Crippen LogP contribution in [0.25, 0.3) is 6.08 Å². The summed E-state index contributed by atoms with van der Waals surface area (Å²) in [6.07, 6.45) is 4.46. The minimum absolute atomic E-state index is 0.127. The van der Waals surface area contributed by atoms with Crippen LogP contribution in [0.15, 0.2) is 65.8 Å². The van der Waals surface area contributed by atoms with Crippen molar-refractivity contribution < 1.29 is 4.79 Å². The van der Waals surface area contributed by atoms with E-state index in [-0.39, 0.29) is 5.91 Å². The summed E-state index contributed by atoms with van der Waals surface area (Å²) < 4.78 is 0. The Labute approximate surface area is 242 Å². The van der Waals surface area contributed by atoms with Crippen molar-refractivity contribution in [2.24, 2.45) is 0 Å². The number of carbonyl (C=O) groups is 1. The molecule has 0 unspecified atom stereocenters. The molecule has 5 rings (SSSR count). The summed E-state index contributed by atoms with van der Waals surface area (Å²) >= 11 is 1.66. The zero-order chi connectivity index (χ0) is 27.9. The fraction of sp³-hybridized carbons (Fsp3) is 0.406. The van der Waals surface area contributed by atoms with Crippen molar-refractivity contribution >= 4 is 29.6 Å². The van der Waals surface area contributed by atoms with Gasteiger partial charge in [-0.05, 0) is 44.2 Å². The van der Waals surface area contributed by atoms with E-state index in [1.165, 1.54) is 11.1 Å². The predicted octanol–water partition coefficient (Wildman–Crippen LogP) is 4.61. The summed E-state index contributed by atoms with van der Waals surface area (Å²) in [7, 11) is 2.10. The molecular formula is C32H40N6OS. The lowest BCUT2D eigenvalue weighted by atomic mass is 10.1. The van der Waals surface area contributed by atoms with Crippen LogP contribution < -0.4 is 4.90 Å². The van der Waals surface area contributed by atoms with Gasteiger partial charge < -0.3 is 14.7 Å². The van der Waals surface area contributed by atoms with Crippen molar-refractivity contribution in [1.82, 2.24) is 24.7 Å². The first kappa shape index (κ1) is 28.3. The zero-order valence-electron chi connectivity index (χ0n) is 23.9. The second-order valence-corrected chi connectivity index (χ2v) is 11.7. The van der Waals surface area contributed by atoms with E-state index in [1.807, 2.05) is 23.1 Å². The number of aromatic nitrogens is 2. The highest BCUT2D eigenvalue weighted by molar-refractivity contribution is 7.98. The minimum Gasteiger partial charge on any atom is -0.354 e. The van der Waals surface area contributed by atoms with Gasteiger partial charge in [0.1, 0.15) is 5.82 Å². The summed E-state index contributed by atoms with van der Waals surface area (Å²) in [5.74, 6) is 1.95.